The third kappa shape index (κ3) is 5.23. The van der Waals surface area contributed by atoms with E-state index in [1.165, 1.54) is 0 Å². The van der Waals surface area contributed by atoms with Gasteiger partial charge in [0.2, 0.25) is 5.91 Å². The minimum atomic E-state index is -0.212. The second kappa shape index (κ2) is 9.78. The molecule has 1 saturated heterocycles. The minimum absolute atomic E-state index is 0.0645. The van der Waals surface area contributed by atoms with Gasteiger partial charge in [-0.2, -0.15) is 5.10 Å². The fraction of sp³-hybridized carbons (Fsp3) is 0.320. The molecule has 1 atom stereocenters. The summed E-state index contributed by atoms with van der Waals surface area (Å²) in [5.74, 6) is -0.477. The maximum absolute atomic E-state index is 12.7. The van der Waals surface area contributed by atoms with Gasteiger partial charge in [0.05, 0.1) is 11.6 Å². The van der Waals surface area contributed by atoms with Crippen LogP contribution in [0.3, 0.4) is 0 Å². The number of piperidine rings is 1. The Morgan fingerprint density at radius 2 is 1.88 bits per heavy atom. The van der Waals surface area contributed by atoms with Gasteiger partial charge in [0.1, 0.15) is 0 Å². The Balaban J connectivity index is 1.36. The normalized spacial score (nSPS) is 16.6. The van der Waals surface area contributed by atoms with Crippen LogP contribution in [0, 0.1) is 12.8 Å². The number of hydrogen-bond donors (Lipinski definition) is 2. The zero-order valence-electron chi connectivity index (χ0n) is 18.3. The molecule has 0 spiro atoms. The second-order valence-corrected chi connectivity index (χ2v) is 8.40. The maximum Gasteiger partial charge on any atom is 0.272 e. The number of nitrogens with zero attached hydrogens (tertiary/aromatic N) is 3. The Bertz CT molecular complexity index is 1090. The topological polar surface area (TPSA) is 93.2 Å². The van der Waals surface area contributed by atoms with Crippen molar-refractivity contribution in [3.8, 4) is 5.69 Å². The van der Waals surface area contributed by atoms with Crippen LogP contribution >= 0.6 is 0 Å². The van der Waals surface area contributed by atoms with E-state index in [1.54, 1.807) is 10.7 Å². The van der Waals surface area contributed by atoms with E-state index < -0.39 is 0 Å². The van der Waals surface area contributed by atoms with E-state index in [4.69, 9.17) is 5.73 Å². The SMILES string of the molecule is Cc1cc(C(=O)NCc2cccc(CN3CCCC(C(N)=O)C3)c2)nn1-c1ccccc1. The van der Waals surface area contributed by atoms with E-state index >= 15 is 0 Å². The van der Waals surface area contributed by atoms with Gasteiger partial charge in [-0.3, -0.25) is 14.5 Å². The minimum Gasteiger partial charge on any atom is -0.369 e. The molecule has 0 radical (unpaired) electrons. The van der Waals surface area contributed by atoms with Crippen LogP contribution in [-0.4, -0.2) is 39.6 Å². The number of likely N-dealkylation sites (tertiary alicyclic amines) is 1. The molecule has 166 valence electrons. The highest BCUT2D eigenvalue weighted by Crippen LogP contribution is 2.19. The fourth-order valence-electron chi connectivity index (χ4n) is 4.22. The number of rotatable bonds is 7. The first kappa shape index (κ1) is 21.8. The third-order valence-electron chi connectivity index (χ3n) is 5.88. The Morgan fingerprint density at radius 3 is 2.66 bits per heavy atom. The van der Waals surface area contributed by atoms with E-state index in [9.17, 15) is 9.59 Å². The first-order chi connectivity index (χ1) is 15.5. The van der Waals surface area contributed by atoms with Crippen LogP contribution in [0.4, 0.5) is 0 Å². The molecule has 32 heavy (non-hydrogen) atoms. The van der Waals surface area contributed by atoms with E-state index in [-0.39, 0.29) is 17.7 Å². The van der Waals surface area contributed by atoms with Crippen molar-refractivity contribution in [1.29, 1.82) is 0 Å². The average molecular weight is 432 g/mol. The van der Waals surface area contributed by atoms with E-state index in [1.807, 2.05) is 49.4 Å². The summed E-state index contributed by atoms with van der Waals surface area (Å²) in [6, 6.07) is 19.7. The quantitative estimate of drug-likeness (QED) is 0.602. The lowest BCUT2D eigenvalue weighted by atomic mass is 9.97. The van der Waals surface area contributed by atoms with Crippen LogP contribution < -0.4 is 11.1 Å². The molecule has 2 amide bonds. The first-order valence-corrected chi connectivity index (χ1v) is 11.0. The molecule has 7 nitrogen and oxygen atoms in total. The summed E-state index contributed by atoms with van der Waals surface area (Å²) in [4.78, 5) is 26.5. The van der Waals surface area contributed by atoms with Gasteiger partial charge in [0, 0.05) is 25.3 Å². The highest BCUT2D eigenvalue weighted by molar-refractivity contribution is 5.92. The van der Waals surface area contributed by atoms with E-state index in [0.29, 0.717) is 18.8 Å². The molecule has 3 N–H and O–H groups in total. The number of amides is 2. The average Bonchev–Trinajstić information content (AvgIpc) is 3.20. The second-order valence-electron chi connectivity index (χ2n) is 8.40. The fourth-order valence-corrected chi connectivity index (χ4v) is 4.22. The van der Waals surface area contributed by atoms with Crippen LogP contribution in [0.2, 0.25) is 0 Å². The number of aromatic nitrogens is 2. The number of nitrogens with two attached hydrogens (primary N) is 1. The summed E-state index contributed by atoms with van der Waals surface area (Å²) < 4.78 is 1.77. The third-order valence-corrected chi connectivity index (χ3v) is 5.88. The number of nitrogens with one attached hydrogen (secondary N) is 1. The molecule has 1 aliphatic heterocycles. The molecule has 1 aliphatic rings. The standard InChI is InChI=1S/C25H29N5O2/c1-18-13-23(28-30(18)22-10-3-2-4-11-22)25(32)27-15-19-7-5-8-20(14-19)16-29-12-6-9-21(17-29)24(26)31/h2-5,7-8,10-11,13-14,21H,6,9,12,15-17H2,1H3,(H2,26,31)(H,27,32). The molecule has 2 heterocycles. The summed E-state index contributed by atoms with van der Waals surface area (Å²) in [5.41, 5.74) is 9.90. The maximum atomic E-state index is 12.7. The van der Waals surface area contributed by atoms with Crippen LogP contribution in [0.5, 0.6) is 0 Å². The largest absolute Gasteiger partial charge is 0.369 e. The van der Waals surface area contributed by atoms with Gasteiger partial charge in [-0.15, -0.1) is 0 Å². The Labute approximate surface area is 188 Å². The van der Waals surface area contributed by atoms with Gasteiger partial charge >= 0.3 is 0 Å². The smallest absolute Gasteiger partial charge is 0.272 e. The van der Waals surface area contributed by atoms with Crippen molar-refractivity contribution in [2.45, 2.75) is 32.9 Å². The molecule has 0 aliphatic carbocycles. The van der Waals surface area contributed by atoms with Crippen molar-refractivity contribution >= 4 is 11.8 Å². The highest BCUT2D eigenvalue weighted by atomic mass is 16.2. The van der Waals surface area contributed by atoms with Gasteiger partial charge in [0.25, 0.3) is 5.91 Å². The van der Waals surface area contributed by atoms with Gasteiger partial charge in [-0.1, -0.05) is 42.5 Å². The number of para-hydroxylation sites is 1. The molecule has 2 aromatic carbocycles. The number of benzene rings is 2. The number of aryl methyl sites for hydroxylation is 1. The van der Waals surface area contributed by atoms with Crippen molar-refractivity contribution in [3.63, 3.8) is 0 Å². The van der Waals surface area contributed by atoms with Crippen molar-refractivity contribution in [3.05, 3.63) is 83.2 Å². The lowest BCUT2D eigenvalue weighted by molar-refractivity contribution is -0.123. The zero-order chi connectivity index (χ0) is 22.5. The van der Waals surface area contributed by atoms with Crippen LogP contribution in [-0.2, 0) is 17.9 Å². The van der Waals surface area contributed by atoms with Gasteiger partial charge in [-0.25, -0.2) is 4.68 Å². The molecular weight excluding hydrogens is 402 g/mol. The van der Waals surface area contributed by atoms with Crippen molar-refractivity contribution in [1.82, 2.24) is 20.0 Å². The van der Waals surface area contributed by atoms with Crippen LogP contribution in [0.15, 0.2) is 60.7 Å². The Kier molecular flexibility index (Phi) is 6.66. The van der Waals surface area contributed by atoms with Crippen LogP contribution in [0.25, 0.3) is 5.69 Å². The van der Waals surface area contributed by atoms with E-state index in [2.05, 4.69) is 27.4 Å². The van der Waals surface area contributed by atoms with Crippen molar-refractivity contribution in [2.24, 2.45) is 11.7 Å². The molecule has 1 unspecified atom stereocenters. The zero-order valence-corrected chi connectivity index (χ0v) is 18.3. The van der Waals surface area contributed by atoms with Crippen molar-refractivity contribution in [2.75, 3.05) is 13.1 Å². The van der Waals surface area contributed by atoms with Crippen molar-refractivity contribution < 1.29 is 9.59 Å². The summed E-state index contributed by atoms with van der Waals surface area (Å²) in [6.07, 6.45) is 1.86. The molecule has 1 aromatic heterocycles. The highest BCUT2D eigenvalue weighted by Gasteiger charge is 2.23. The summed E-state index contributed by atoms with van der Waals surface area (Å²) >= 11 is 0. The number of primary amides is 1. The lowest BCUT2D eigenvalue weighted by Crippen LogP contribution is -2.40. The molecular formula is C25H29N5O2. The van der Waals surface area contributed by atoms with Gasteiger partial charge < -0.3 is 11.1 Å². The number of carbonyl (C=O) groups is 2. The lowest BCUT2D eigenvalue weighted by Gasteiger charge is -2.31. The van der Waals surface area contributed by atoms with Crippen LogP contribution in [0.1, 0.15) is 40.2 Å². The van der Waals surface area contributed by atoms with Gasteiger partial charge in [0.15, 0.2) is 5.69 Å². The molecule has 0 bridgehead atoms. The number of hydrogen-bond acceptors (Lipinski definition) is 4. The monoisotopic (exact) mass is 431 g/mol. The molecule has 0 saturated carbocycles. The molecule has 4 rings (SSSR count). The summed E-state index contributed by atoms with van der Waals surface area (Å²) in [7, 11) is 0. The number of carbonyl (C=O) groups excluding carboxylic acids is 2. The first-order valence-electron chi connectivity index (χ1n) is 11.0. The predicted octanol–water partition coefficient (Wildman–Crippen LogP) is 2.81. The molecule has 7 heteroatoms. The Hall–Kier alpha value is -3.45. The van der Waals surface area contributed by atoms with E-state index in [0.717, 1.165) is 48.4 Å². The predicted molar refractivity (Wildman–Crippen MR) is 123 cm³/mol. The summed E-state index contributed by atoms with van der Waals surface area (Å²) in [6.45, 7) is 4.80. The Morgan fingerprint density at radius 1 is 1.09 bits per heavy atom. The molecule has 3 aromatic rings. The molecule has 1 fully saturated rings. The summed E-state index contributed by atoms with van der Waals surface area (Å²) in [5, 5.41) is 7.44. The van der Waals surface area contributed by atoms with Gasteiger partial charge in [-0.05, 0) is 55.6 Å².